The van der Waals surface area contributed by atoms with Crippen LogP contribution in [0.25, 0.3) is 11.0 Å². The smallest absolute Gasteiger partial charge is 0.241 e. The molecule has 0 aliphatic carbocycles. The fourth-order valence-electron chi connectivity index (χ4n) is 3.13. The summed E-state index contributed by atoms with van der Waals surface area (Å²) in [6.07, 6.45) is 2.34. The zero-order chi connectivity index (χ0) is 19.6. The van der Waals surface area contributed by atoms with Crippen LogP contribution in [0, 0.1) is 11.8 Å². The third-order valence-corrected chi connectivity index (χ3v) is 5.93. The van der Waals surface area contributed by atoms with Gasteiger partial charge in [-0.25, -0.2) is 23.1 Å². The highest BCUT2D eigenvalue weighted by Gasteiger charge is 2.23. The maximum Gasteiger partial charge on any atom is 0.241 e. The second-order valence-corrected chi connectivity index (χ2v) is 8.10. The largest absolute Gasteiger partial charge is 0.383 e. The molecule has 3 heterocycles. The van der Waals surface area contributed by atoms with Gasteiger partial charge in [0.15, 0.2) is 5.65 Å². The van der Waals surface area contributed by atoms with Crippen molar-refractivity contribution in [2.75, 3.05) is 25.4 Å². The number of rotatable bonds is 4. The van der Waals surface area contributed by atoms with E-state index in [2.05, 4.69) is 36.9 Å². The lowest BCUT2D eigenvalue weighted by Crippen LogP contribution is -2.23. The first kappa shape index (κ1) is 18.4. The van der Waals surface area contributed by atoms with E-state index in [9.17, 15) is 8.42 Å². The Labute approximate surface area is 162 Å². The molecule has 0 unspecified atom stereocenters. The Hall–Kier alpha value is -3.00. The highest BCUT2D eigenvalue weighted by atomic mass is 32.2. The van der Waals surface area contributed by atoms with Crippen LogP contribution in [-0.4, -0.2) is 47.8 Å². The lowest BCUT2D eigenvalue weighted by molar-refractivity contribution is 0.502. The minimum atomic E-state index is -3.61. The Morgan fingerprint density at radius 2 is 2.11 bits per heavy atom. The van der Waals surface area contributed by atoms with Gasteiger partial charge in [0.25, 0.3) is 0 Å². The van der Waals surface area contributed by atoms with Gasteiger partial charge in [-0.3, -0.25) is 0 Å². The molecule has 3 aromatic rings. The molecular formula is C18H19N7O2S. The van der Waals surface area contributed by atoms with Crippen LogP contribution in [0.15, 0.2) is 41.6 Å². The van der Waals surface area contributed by atoms with Crippen molar-refractivity contribution in [3.63, 3.8) is 0 Å². The number of hydrogen-bond donors (Lipinski definition) is 3. The Morgan fingerprint density at radius 3 is 2.86 bits per heavy atom. The summed E-state index contributed by atoms with van der Waals surface area (Å²) < 4.78 is 28.8. The first-order chi connectivity index (χ1) is 13.6. The van der Waals surface area contributed by atoms with Crippen LogP contribution < -0.4 is 15.8 Å². The van der Waals surface area contributed by atoms with Gasteiger partial charge in [0, 0.05) is 6.54 Å². The van der Waals surface area contributed by atoms with Gasteiger partial charge in [0.05, 0.1) is 22.9 Å². The number of benzene rings is 1. The second kappa shape index (κ2) is 7.55. The molecule has 0 bridgehead atoms. The number of anilines is 1. The van der Waals surface area contributed by atoms with E-state index in [0.29, 0.717) is 22.5 Å². The highest BCUT2D eigenvalue weighted by Crippen LogP contribution is 2.25. The Bertz CT molecular complexity index is 1160. The van der Waals surface area contributed by atoms with Crippen LogP contribution in [0.5, 0.6) is 0 Å². The van der Waals surface area contributed by atoms with Gasteiger partial charge in [-0.1, -0.05) is 24.1 Å². The van der Waals surface area contributed by atoms with Crippen molar-refractivity contribution >= 4 is 26.9 Å². The van der Waals surface area contributed by atoms with Gasteiger partial charge in [-0.15, -0.1) is 0 Å². The molecule has 1 atom stereocenters. The SMILES string of the molecule is Nc1ncnc2c1c(C#CCNS(=O)(=O)c1ccccc1)nn2[C@@H]1CCNC1. The number of sulfonamides is 1. The van der Waals surface area contributed by atoms with E-state index in [1.165, 1.54) is 18.5 Å². The molecule has 4 N–H and O–H groups in total. The molecule has 1 aliphatic heterocycles. The summed E-state index contributed by atoms with van der Waals surface area (Å²) in [4.78, 5) is 8.54. The van der Waals surface area contributed by atoms with Crippen molar-refractivity contribution in [3.05, 3.63) is 42.4 Å². The minimum absolute atomic E-state index is 0.0514. The molecule has 10 heteroatoms. The maximum atomic E-state index is 12.2. The van der Waals surface area contributed by atoms with Gasteiger partial charge in [0.2, 0.25) is 10.0 Å². The number of nitrogens with one attached hydrogen (secondary N) is 2. The quantitative estimate of drug-likeness (QED) is 0.539. The summed E-state index contributed by atoms with van der Waals surface area (Å²) in [6, 6.07) is 8.31. The van der Waals surface area contributed by atoms with Crippen LogP contribution in [0.3, 0.4) is 0 Å². The van der Waals surface area contributed by atoms with Gasteiger partial charge < -0.3 is 11.1 Å². The lowest BCUT2D eigenvalue weighted by atomic mass is 10.2. The van der Waals surface area contributed by atoms with Crippen LogP contribution in [0.2, 0.25) is 0 Å². The monoisotopic (exact) mass is 397 g/mol. The average Bonchev–Trinajstić information content (AvgIpc) is 3.34. The maximum absolute atomic E-state index is 12.2. The third-order valence-electron chi connectivity index (χ3n) is 4.51. The fourth-order valence-corrected chi connectivity index (χ4v) is 4.07. The van der Waals surface area contributed by atoms with Gasteiger partial charge >= 0.3 is 0 Å². The predicted octanol–water partition coefficient (Wildman–Crippen LogP) is 0.273. The third kappa shape index (κ3) is 3.55. The molecule has 0 radical (unpaired) electrons. The van der Waals surface area contributed by atoms with Crippen LogP contribution in [0.4, 0.5) is 5.82 Å². The van der Waals surface area contributed by atoms with E-state index in [4.69, 9.17) is 5.73 Å². The number of aromatic nitrogens is 4. The van der Waals surface area contributed by atoms with E-state index in [1.54, 1.807) is 18.2 Å². The first-order valence-corrected chi connectivity index (χ1v) is 10.3. The molecular weight excluding hydrogens is 378 g/mol. The highest BCUT2D eigenvalue weighted by molar-refractivity contribution is 7.89. The fraction of sp³-hybridized carbons (Fsp3) is 0.278. The standard InChI is InChI=1S/C18H19N7O2S/c19-17-16-15(7-4-9-23-28(26,27)14-5-2-1-3-6-14)24-25(13-8-10-20-11-13)18(16)22-12-21-17/h1-3,5-6,12-13,20,23H,8-11H2,(H2,19,21,22)/t13-/m1/s1. The van der Waals surface area contributed by atoms with Gasteiger partial charge in [0.1, 0.15) is 17.8 Å². The topological polar surface area (TPSA) is 128 Å². The molecule has 0 amide bonds. The van der Waals surface area contributed by atoms with E-state index in [-0.39, 0.29) is 17.5 Å². The average molecular weight is 397 g/mol. The van der Waals surface area contributed by atoms with Crippen molar-refractivity contribution in [1.29, 1.82) is 0 Å². The molecule has 0 spiro atoms. The zero-order valence-electron chi connectivity index (χ0n) is 15.0. The molecule has 28 heavy (non-hydrogen) atoms. The number of hydrogen-bond acceptors (Lipinski definition) is 7. The summed E-state index contributed by atoms with van der Waals surface area (Å²) in [5.41, 5.74) is 7.10. The molecule has 144 valence electrons. The van der Waals surface area contributed by atoms with E-state index in [1.807, 2.05) is 4.68 Å². The molecule has 1 saturated heterocycles. The zero-order valence-corrected chi connectivity index (χ0v) is 15.8. The summed E-state index contributed by atoms with van der Waals surface area (Å²) >= 11 is 0. The normalized spacial score (nSPS) is 16.8. The number of fused-ring (bicyclic) bond motifs is 1. The lowest BCUT2D eigenvalue weighted by Gasteiger charge is -2.09. The van der Waals surface area contributed by atoms with E-state index in [0.717, 1.165) is 19.5 Å². The van der Waals surface area contributed by atoms with Gasteiger partial charge in [-0.2, -0.15) is 9.82 Å². The number of nitrogen functional groups attached to an aromatic ring is 1. The molecule has 1 aliphatic rings. The summed E-state index contributed by atoms with van der Waals surface area (Å²) in [6.45, 7) is 1.66. The van der Waals surface area contributed by atoms with E-state index >= 15 is 0 Å². The Balaban J connectivity index is 1.59. The summed E-state index contributed by atoms with van der Waals surface area (Å²) in [7, 11) is -3.61. The van der Waals surface area contributed by atoms with Crippen LogP contribution in [-0.2, 0) is 10.0 Å². The number of nitrogens with two attached hydrogens (primary N) is 1. The first-order valence-electron chi connectivity index (χ1n) is 8.79. The molecule has 0 saturated carbocycles. The van der Waals surface area contributed by atoms with Crippen LogP contribution in [0.1, 0.15) is 18.2 Å². The molecule has 4 rings (SSSR count). The summed E-state index contributed by atoms with van der Waals surface area (Å²) in [5, 5.41) is 8.45. The Kier molecular flexibility index (Phi) is 4.95. The second-order valence-electron chi connectivity index (χ2n) is 6.34. The van der Waals surface area contributed by atoms with Crippen LogP contribution >= 0.6 is 0 Å². The summed E-state index contributed by atoms with van der Waals surface area (Å²) in [5.74, 6) is 6.02. The minimum Gasteiger partial charge on any atom is -0.383 e. The molecule has 1 fully saturated rings. The molecule has 9 nitrogen and oxygen atoms in total. The Morgan fingerprint density at radius 1 is 1.29 bits per heavy atom. The van der Waals surface area contributed by atoms with Crippen molar-refractivity contribution in [2.45, 2.75) is 17.4 Å². The van der Waals surface area contributed by atoms with Crippen molar-refractivity contribution < 1.29 is 8.42 Å². The van der Waals surface area contributed by atoms with Crippen molar-refractivity contribution in [2.24, 2.45) is 0 Å². The van der Waals surface area contributed by atoms with Crippen molar-refractivity contribution in [3.8, 4) is 11.8 Å². The number of nitrogens with zero attached hydrogens (tertiary/aromatic N) is 4. The molecule has 1 aromatic carbocycles. The predicted molar refractivity (Wildman–Crippen MR) is 105 cm³/mol. The van der Waals surface area contributed by atoms with E-state index < -0.39 is 10.0 Å². The molecule has 2 aromatic heterocycles. The van der Waals surface area contributed by atoms with Gasteiger partial charge in [-0.05, 0) is 31.0 Å². The van der Waals surface area contributed by atoms with Crippen molar-refractivity contribution in [1.82, 2.24) is 29.8 Å².